The minimum atomic E-state index is -0.528. The van der Waals surface area contributed by atoms with E-state index in [9.17, 15) is 5.11 Å². The first-order chi connectivity index (χ1) is 6.06. The Labute approximate surface area is 79.4 Å². The predicted molar refractivity (Wildman–Crippen MR) is 54.7 cm³/mol. The predicted octanol–water partition coefficient (Wildman–Crippen LogP) is 1.60. The average molecular weight is 179 g/mol. The van der Waals surface area contributed by atoms with Crippen LogP contribution in [0.5, 0.6) is 0 Å². The van der Waals surface area contributed by atoms with Gasteiger partial charge in [-0.1, -0.05) is 12.1 Å². The lowest BCUT2D eigenvalue weighted by Crippen LogP contribution is -2.13. The highest BCUT2D eigenvalue weighted by molar-refractivity contribution is 5.37. The van der Waals surface area contributed by atoms with Crippen LogP contribution in [0.2, 0.25) is 0 Å². The molecule has 1 unspecified atom stereocenters. The molecule has 0 saturated heterocycles. The third kappa shape index (κ3) is 2.08. The average Bonchev–Trinajstić information content (AvgIpc) is 2.10. The Morgan fingerprint density at radius 3 is 2.23 bits per heavy atom. The molecule has 1 aromatic rings. The zero-order chi connectivity index (χ0) is 10.0. The van der Waals surface area contributed by atoms with E-state index in [4.69, 9.17) is 5.73 Å². The maximum atomic E-state index is 9.60. The topological polar surface area (TPSA) is 46.2 Å². The Morgan fingerprint density at radius 1 is 1.15 bits per heavy atom. The zero-order valence-electron chi connectivity index (χ0n) is 8.46. The Kier molecular flexibility index (Phi) is 3.07. The Hall–Kier alpha value is -0.860. The van der Waals surface area contributed by atoms with Crippen LogP contribution < -0.4 is 5.73 Å². The van der Waals surface area contributed by atoms with Crippen molar-refractivity contribution in [3.63, 3.8) is 0 Å². The normalized spacial score (nSPS) is 13.0. The van der Waals surface area contributed by atoms with Crippen LogP contribution in [0.25, 0.3) is 0 Å². The summed E-state index contributed by atoms with van der Waals surface area (Å²) in [4.78, 5) is 0. The van der Waals surface area contributed by atoms with E-state index < -0.39 is 6.10 Å². The van der Waals surface area contributed by atoms with Crippen molar-refractivity contribution in [1.82, 2.24) is 0 Å². The molecule has 0 aliphatic rings. The molecule has 1 rings (SSSR count). The van der Waals surface area contributed by atoms with E-state index >= 15 is 0 Å². The summed E-state index contributed by atoms with van der Waals surface area (Å²) in [6.07, 6.45) is -0.528. The van der Waals surface area contributed by atoms with Crippen LogP contribution in [-0.2, 0) is 0 Å². The molecule has 1 aromatic carbocycles. The molecule has 0 radical (unpaired) electrons. The fraction of sp³-hybridized carbons (Fsp3) is 0.455. The highest BCUT2D eigenvalue weighted by Gasteiger charge is 2.09. The summed E-state index contributed by atoms with van der Waals surface area (Å²) < 4.78 is 0. The van der Waals surface area contributed by atoms with Crippen molar-refractivity contribution < 1.29 is 5.11 Å². The second kappa shape index (κ2) is 3.90. The van der Waals surface area contributed by atoms with Crippen molar-refractivity contribution in [2.75, 3.05) is 6.54 Å². The summed E-state index contributed by atoms with van der Waals surface area (Å²) in [6, 6.07) is 4.10. The second-order valence-electron chi connectivity index (χ2n) is 3.54. The molecule has 0 spiro atoms. The number of nitrogens with two attached hydrogens (primary N) is 1. The third-order valence-electron chi connectivity index (χ3n) is 2.46. The zero-order valence-corrected chi connectivity index (χ0v) is 8.46. The van der Waals surface area contributed by atoms with Gasteiger partial charge in [0.2, 0.25) is 0 Å². The lowest BCUT2D eigenvalue weighted by molar-refractivity contribution is 0.186. The van der Waals surface area contributed by atoms with Gasteiger partial charge in [0.05, 0.1) is 6.10 Å². The molecule has 2 nitrogen and oxygen atoms in total. The van der Waals surface area contributed by atoms with Crippen LogP contribution in [-0.4, -0.2) is 11.7 Å². The van der Waals surface area contributed by atoms with Gasteiger partial charge in [0.15, 0.2) is 0 Å². The van der Waals surface area contributed by atoms with Gasteiger partial charge in [0.1, 0.15) is 0 Å². The maximum absolute atomic E-state index is 9.60. The molecule has 0 amide bonds. The fourth-order valence-corrected chi connectivity index (χ4v) is 1.47. The second-order valence-corrected chi connectivity index (χ2v) is 3.54. The molecule has 3 N–H and O–H groups in total. The third-order valence-corrected chi connectivity index (χ3v) is 2.46. The summed E-state index contributed by atoms with van der Waals surface area (Å²) in [7, 11) is 0. The van der Waals surface area contributed by atoms with Gasteiger partial charge in [0.25, 0.3) is 0 Å². The smallest absolute Gasteiger partial charge is 0.0914 e. The van der Waals surface area contributed by atoms with Crippen LogP contribution in [0.4, 0.5) is 0 Å². The van der Waals surface area contributed by atoms with Crippen molar-refractivity contribution in [3.05, 3.63) is 34.4 Å². The maximum Gasteiger partial charge on any atom is 0.0914 e. The molecule has 0 aliphatic carbocycles. The van der Waals surface area contributed by atoms with Gasteiger partial charge in [-0.05, 0) is 43.0 Å². The summed E-state index contributed by atoms with van der Waals surface area (Å²) in [5.74, 6) is 0. The Bertz CT molecular complexity index is 307. The lowest BCUT2D eigenvalue weighted by Gasteiger charge is -2.13. The standard InChI is InChI=1S/C11H17NO/c1-7-4-9(3)10(5-8(7)2)11(13)6-12/h4-5,11,13H,6,12H2,1-3H3. The van der Waals surface area contributed by atoms with Crippen LogP contribution in [0.15, 0.2) is 12.1 Å². The van der Waals surface area contributed by atoms with E-state index in [-0.39, 0.29) is 6.54 Å². The molecule has 0 fully saturated rings. The van der Waals surface area contributed by atoms with Gasteiger partial charge in [-0.2, -0.15) is 0 Å². The molecule has 0 heterocycles. The molecule has 0 saturated carbocycles. The number of benzene rings is 1. The largest absolute Gasteiger partial charge is 0.387 e. The van der Waals surface area contributed by atoms with Gasteiger partial charge < -0.3 is 10.8 Å². The monoisotopic (exact) mass is 179 g/mol. The number of rotatable bonds is 2. The fourth-order valence-electron chi connectivity index (χ4n) is 1.47. The first-order valence-electron chi connectivity index (χ1n) is 4.52. The molecule has 0 aromatic heterocycles. The van der Waals surface area contributed by atoms with Gasteiger partial charge in [0, 0.05) is 6.54 Å². The minimum absolute atomic E-state index is 0.281. The van der Waals surface area contributed by atoms with Gasteiger partial charge in [-0.25, -0.2) is 0 Å². The van der Waals surface area contributed by atoms with Gasteiger partial charge in [-0.15, -0.1) is 0 Å². The van der Waals surface area contributed by atoms with Crippen LogP contribution >= 0.6 is 0 Å². The lowest BCUT2D eigenvalue weighted by atomic mass is 9.97. The number of aliphatic hydroxyl groups is 1. The van der Waals surface area contributed by atoms with E-state index in [1.165, 1.54) is 11.1 Å². The number of hydrogen-bond donors (Lipinski definition) is 2. The van der Waals surface area contributed by atoms with Crippen molar-refractivity contribution in [1.29, 1.82) is 0 Å². The molecule has 72 valence electrons. The quantitative estimate of drug-likeness (QED) is 0.724. The van der Waals surface area contributed by atoms with E-state index in [2.05, 4.69) is 13.0 Å². The van der Waals surface area contributed by atoms with Crippen molar-refractivity contribution in [2.45, 2.75) is 26.9 Å². The highest BCUT2D eigenvalue weighted by Crippen LogP contribution is 2.20. The molecule has 0 aliphatic heterocycles. The van der Waals surface area contributed by atoms with Crippen LogP contribution in [0, 0.1) is 20.8 Å². The van der Waals surface area contributed by atoms with E-state index in [0.717, 1.165) is 11.1 Å². The first kappa shape index (κ1) is 10.2. The Morgan fingerprint density at radius 2 is 1.69 bits per heavy atom. The van der Waals surface area contributed by atoms with Crippen molar-refractivity contribution in [2.24, 2.45) is 5.73 Å². The molecule has 1 atom stereocenters. The number of hydrogen-bond acceptors (Lipinski definition) is 2. The van der Waals surface area contributed by atoms with Crippen molar-refractivity contribution >= 4 is 0 Å². The molecule has 2 heteroatoms. The van der Waals surface area contributed by atoms with Gasteiger partial charge >= 0.3 is 0 Å². The molecular weight excluding hydrogens is 162 g/mol. The SMILES string of the molecule is Cc1cc(C)c(C(O)CN)cc1C. The molecular formula is C11H17NO. The summed E-state index contributed by atoms with van der Waals surface area (Å²) in [5.41, 5.74) is 9.93. The highest BCUT2D eigenvalue weighted by atomic mass is 16.3. The van der Waals surface area contributed by atoms with Crippen LogP contribution in [0.1, 0.15) is 28.4 Å². The summed E-state index contributed by atoms with van der Waals surface area (Å²) >= 11 is 0. The van der Waals surface area contributed by atoms with Crippen LogP contribution in [0.3, 0.4) is 0 Å². The summed E-state index contributed by atoms with van der Waals surface area (Å²) in [6.45, 7) is 6.40. The number of aliphatic hydroxyl groups excluding tert-OH is 1. The van der Waals surface area contributed by atoms with E-state index in [0.29, 0.717) is 0 Å². The Balaban J connectivity index is 3.15. The van der Waals surface area contributed by atoms with E-state index in [1.54, 1.807) is 0 Å². The van der Waals surface area contributed by atoms with E-state index in [1.807, 2.05) is 19.9 Å². The molecule has 13 heavy (non-hydrogen) atoms. The number of aryl methyl sites for hydroxylation is 3. The first-order valence-corrected chi connectivity index (χ1v) is 4.52. The minimum Gasteiger partial charge on any atom is -0.387 e. The summed E-state index contributed by atoms with van der Waals surface area (Å²) in [5, 5.41) is 9.60. The van der Waals surface area contributed by atoms with Gasteiger partial charge in [-0.3, -0.25) is 0 Å². The van der Waals surface area contributed by atoms with Crippen molar-refractivity contribution in [3.8, 4) is 0 Å². The molecule has 0 bridgehead atoms.